The van der Waals surface area contributed by atoms with Gasteiger partial charge in [-0.25, -0.2) is 8.42 Å². The summed E-state index contributed by atoms with van der Waals surface area (Å²) < 4.78 is 29.6. The maximum atomic E-state index is 12.6. The van der Waals surface area contributed by atoms with Crippen molar-refractivity contribution in [3.63, 3.8) is 0 Å². The SMILES string of the molecule is Cc1nn(C)c(C)c1NS(=O)(=O)c1ccc(CN2CCNC(=O)C2)cc1. The Hall–Kier alpha value is -2.39. The van der Waals surface area contributed by atoms with Crippen LogP contribution in [0.2, 0.25) is 0 Å². The van der Waals surface area contributed by atoms with Crippen LogP contribution < -0.4 is 10.0 Å². The minimum absolute atomic E-state index is 0.0156. The first-order valence-electron chi connectivity index (χ1n) is 8.37. The van der Waals surface area contributed by atoms with Crippen LogP contribution in [-0.4, -0.2) is 48.6 Å². The Morgan fingerprint density at radius 2 is 1.92 bits per heavy atom. The highest BCUT2D eigenvalue weighted by Crippen LogP contribution is 2.23. The molecule has 0 atom stereocenters. The molecule has 0 aliphatic carbocycles. The van der Waals surface area contributed by atoms with Gasteiger partial charge in [0.2, 0.25) is 5.91 Å². The lowest BCUT2D eigenvalue weighted by Gasteiger charge is -2.26. The van der Waals surface area contributed by atoms with Crippen molar-refractivity contribution in [1.82, 2.24) is 20.0 Å². The maximum Gasteiger partial charge on any atom is 0.262 e. The van der Waals surface area contributed by atoms with Crippen molar-refractivity contribution >= 4 is 21.6 Å². The fourth-order valence-electron chi connectivity index (χ4n) is 2.97. The molecule has 1 aromatic carbocycles. The molecule has 0 saturated carbocycles. The molecule has 2 heterocycles. The second-order valence-electron chi connectivity index (χ2n) is 6.48. The van der Waals surface area contributed by atoms with Crippen LogP contribution in [0.1, 0.15) is 17.0 Å². The van der Waals surface area contributed by atoms with Gasteiger partial charge >= 0.3 is 0 Å². The molecule has 0 spiro atoms. The van der Waals surface area contributed by atoms with Crippen LogP contribution in [0.4, 0.5) is 5.69 Å². The van der Waals surface area contributed by atoms with E-state index in [1.54, 1.807) is 42.9 Å². The van der Waals surface area contributed by atoms with E-state index in [1.165, 1.54) is 0 Å². The van der Waals surface area contributed by atoms with E-state index in [2.05, 4.69) is 15.1 Å². The van der Waals surface area contributed by atoms with Gasteiger partial charge < -0.3 is 5.32 Å². The predicted octanol–water partition coefficient (Wildman–Crippen LogP) is 0.770. The number of piperazine rings is 1. The predicted molar refractivity (Wildman–Crippen MR) is 98.2 cm³/mol. The molecule has 26 heavy (non-hydrogen) atoms. The highest BCUT2D eigenvalue weighted by molar-refractivity contribution is 7.92. The van der Waals surface area contributed by atoms with Gasteiger partial charge in [0.15, 0.2) is 0 Å². The molecule has 0 bridgehead atoms. The Kier molecular flexibility index (Phi) is 5.01. The molecule has 9 heteroatoms. The van der Waals surface area contributed by atoms with Gasteiger partial charge in [0.1, 0.15) is 0 Å². The van der Waals surface area contributed by atoms with E-state index in [9.17, 15) is 13.2 Å². The van der Waals surface area contributed by atoms with E-state index >= 15 is 0 Å². The monoisotopic (exact) mass is 377 g/mol. The number of carbonyl (C=O) groups is 1. The number of sulfonamides is 1. The standard InChI is InChI=1S/C17H23N5O3S/c1-12-17(13(2)21(3)19-12)20-26(24,25)15-6-4-14(5-7-15)10-22-9-8-18-16(23)11-22/h4-7,20H,8-11H2,1-3H3,(H,18,23). The van der Waals surface area contributed by atoms with Crippen molar-refractivity contribution in [3.8, 4) is 0 Å². The topological polar surface area (TPSA) is 96.3 Å². The molecule has 140 valence electrons. The Morgan fingerprint density at radius 3 is 2.50 bits per heavy atom. The third kappa shape index (κ3) is 3.88. The Bertz CT molecular complexity index is 919. The van der Waals surface area contributed by atoms with Crippen LogP contribution in [0.15, 0.2) is 29.2 Å². The lowest BCUT2D eigenvalue weighted by Crippen LogP contribution is -2.47. The van der Waals surface area contributed by atoms with Crippen molar-refractivity contribution in [2.45, 2.75) is 25.3 Å². The normalized spacial score (nSPS) is 15.7. The fraction of sp³-hybridized carbons (Fsp3) is 0.412. The van der Waals surface area contributed by atoms with Crippen LogP contribution in [0.5, 0.6) is 0 Å². The number of nitrogens with one attached hydrogen (secondary N) is 2. The highest BCUT2D eigenvalue weighted by Gasteiger charge is 2.20. The van der Waals surface area contributed by atoms with Gasteiger partial charge in [0.05, 0.1) is 28.5 Å². The summed E-state index contributed by atoms with van der Waals surface area (Å²) in [5.74, 6) is 0.0156. The summed E-state index contributed by atoms with van der Waals surface area (Å²) in [5.41, 5.74) is 2.86. The van der Waals surface area contributed by atoms with Crippen LogP contribution in [0, 0.1) is 13.8 Å². The smallest absolute Gasteiger partial charge is 0.262 e. The highest BCUT2D eigenvalue weighted by atomic mass is 32.2. The van der Waals surface area contributed by atoms with Gasteiger partial charge in [0, 0.05) is 26.7 Å². The fourth-order valence-corrected chi connectivity index (χ4v) is 4.15. The lowest BCUT2D eigenvalue weighted by molar-refractivity contribution is -0.124. The number of nitrogens with zero attached hydrogens (tertiary/aromatic N) is 3. The molecule has 1 aliphatic heterocycles. The molecule has 8 nitrogen and oxygen atoms in total. The number of rotatable bonds is 5. The number of carbonyl (C=O) groups excluding carboxylic acids is 1. The molecule has 0 radical (unpaired) electrons. The number of hydrogen-bond acceptors (Lipinski definition) is 5. The average Bonchev–Trinajstić information content (AvgIpc) is 2.81. The molecule has 1 aromatic heterocycles. The molecule has 2 N–H and O–H groups in total. The number of anilines is 1. The van der Waals surface area contributed by atoms with Crippen LogP contribution >= 0.6 is 0 Å². The van der Waals surface area contributed by atoms with Crippen molar-refractivity contribution in [1.29, 1.82) is 0 Å². The Morgan fingerprint density at radius 1 is 1.23 bits per heavy atom. The second-order valence-corrected chi connectivity index (χ2v) is 8.16. The molecule has 1 aliphatic rings. The number of aryl methyl sites for hydroxylation is 2. The quantitative estimate of drug-likeness (QED) is 0.802. The summed E-state index contributed by atoms with van der Waals surface area (Å²) in [6.45, 7) is 5.98. The van der Waals surface area contributed by atoms with Crippen LogP contribution in [0.3, 0.4) is 0 Å². The van der Waals surface area contributed by atoms with Crippen molar-refractivity contribution in [3.05, 3.63) is 41.2 Å². The van der Waals surface area contributed by atoms with Crippen molar-refractivity contribution in [2.24, 2.45) is 7.05 Å². The Balaban J connectivity index is 1.73. The zero-order valence-electron chi connectivity index (χ0n) is 15.1. The first-order chi connectivity index (χ1) is 12.3. The zero-order valence-corrected chi connectivity index (χ0v) is 15.9. The second kappa shape index (κ2) is 7.08. The first-order valence-corrected chi connectivity index (χ1v) is 9.85. The lowest BCUT2D eigenvalue weighted by atomic mass is 10.2. The van der Waals surface area contributed by atoms with E-state index in [0.717, 1.165) is 17.8 Å². The zero-order chi connectivity index (χ0) is 18.9. The van der Waals surface area contributed by atoms with Gasteiger partial charge in [-0.15, -0.1) is 0 Å². The van der Waals surface area contributed by atoms with E-state index in [-0.39, 0.29) is 10.8 Å². The van der Waals surface area contributed by atoms with E-state index < -0.39 is 10.0 Å². The van der Waals surface area contributed by atoms with E-state index in [1.807, 2.05) is 11.8 Å². The van der Waals surface area contributed by atoms with Gasteiger partial charge in [-0.2, -0.15) is 5.10 Å². The van der Waals surface area contributed by atoms with Crippen molar-refractivity contribution in [2.75, 3.05) is 24.4 Å². The summed E-state index contributed by atoms with van der Waals surface area (Å²) in [7, 11) is -1.91. The van der Waals surface area contributed by atoms with Crippen LogP contribution in [0.25, 0.3) is 0 Å². The third-order valence-corrected chi connectivity index (χ3v) is 5.87. The largest absolute Gasteiger partial charge is 0.354 e. The first kappa shape index (κ1) is 18.4. The summed E-state index contributed by atoms with van der Waals surface area (Å²) >= 11 is 0. The van der Waals surface area contributed by atoms with Gasteiger partial charge in [-0.1, -0.05) is 12.1 Å². The minimum atomic E-state index is -3.68. The molecule has 0 unspecified atom stereocenters. The molecular weight excluding hydrogens is 354 g/mol. The summed E-state index contributed by atoms with van der Waals surface area (Å²) in [5, 5.41) is 7.01. The molecule has 3 rings (SSSR count). The number of hydrogen-bond donors (Lipinski definition) is 2. The van der Waals surface area contributed by atoms with Gasteiger partial charge in [-0.3, -0.25) is 19.1 Å². The van der Waals surface area contributed by atoms with Crippen LogP contribution in [-0.2, 0) is 28.4 Å². The molecule has 1 saturated heterocycles. The van der Waals surface area contributed by atoms with E-state index in [4.69, 9.17) is 0 Å². The molecule has 1 amide bonds. The average molecular weight is 377 g/mol. The summed E-state index contributed by atoms with van der Waals surface area (Å²) in [4.78, 5) is 13.7. The molecule has 1 fully saturated rings. The van der Waals surface area contributed by atoms with Gasteiger partial charge in [-0.05, 0) is 31.5 Å². The van der Waals surface area contributed by atoms with Gasteiger partial charge in [0.25, 0.3) is 10.0 Å². The number of benzene rings is 1. The summed E-state index contributed by atoms with van der Waals surface area (Å²) in [6.07, 6.45) is 0. The minimum Gasteiger partial charge on any atom is -0.354 e. The third-order valence-electron chi connectivity index (χ3n) is 4.50. The molecular formula is C17H23N5O3S. The summed E-state index contributed by atoms with van der Waals surface area (Å²) in [6, 6.07) is 6.74. The molecule has 2 aromatic rings. The van der Waals surface area contributed by atoms with Crippen molar-refractivity contribution < 1.29 is 13.2 Å². The number of aromatic nitrogens is 2. The number of amides is 1. The maximum absolute atomic E-state index is 12.6. The van der Waals surface area contributed by atoms with E-state index in [0.29, 0.717) is 31.0 Å². The Labute approximate surface area is 153 Å².